The number of halogens is 1. The maximum atomic E-state index is 13.9. The van der Waals surface area contributed by atoms with E-state index in [0.29, 0.717) is 37.1 Å². The Morgan fingerprint density at radius 1 is 0.935 bits per heavy atom. The van der Waals surface area contributed by atoms with Gasteiger partial charge in [-0.15, -0.1) is 0 Å². The van der Waals surface area contributed by atoms with Crippen LogP contribution in [-0.2, 0) is 36.6 Å². The molecule has 0 fully saturated rings. The van der Waals surface area contributed by atoms with Gasteiger partial charge in [-0.1, -0.05) is 94.8 Å². The molecule has 0 saturated carbocycles. The lowest BCUT2D eigenvalue weighted by atomic mass is 9.98. The highest BCUT2D eigenvalue weighted by Gasteiger charge is 2.28. The van der Waals surface area contributed by atoms with Gasteiger partial charge in [0.1, 0.15) is 11.4 Å². The highest BCUT2D eigenvalue weighted by Crippen LogP contribution is 2.39. The van der Waals surface area contributed by atoms with Gasteiger partial charge in [0.15, 0.2) is 0 Å². The number of nitrogens with zero attached hydrogens (tertiary/aromatic N) is 3. The first-order valence-electron chi connectivity index (χ1n) is 15.7. The lowest BCUT2D eigenvalue weighted by molar-refractivity contribution is 0.0513. The van der Waals surface area contributed by atoms with Crippen molar-refractivity contribution in [1.29, 1.82) is 0 Å². The first-order valence-corrected chi connectivity index (χ1v) is 16.9. The molecule has 0 amide bonds. The van der Waals surface area contributed by atoms with Crippen LogP contribution in [0.4, 0.5) is 0 Å². The van der Waals surface area contributed by atoms with Crippen molar-refractivity contribution in [1.82, 2.24) is 14.3 Å². The zero-order chi connectivity index (χ0) is 32.2. The number of carbonyl (C=O) groups excluding carboxylic acids is 1. The molecule has 0 saturated heterocycles. The van der Waals surface area contributed by atoms with Gasteiger partial charge in [0, 0.05) is 53.1 Å². The van der Waals surface area contributed by atoms with Crippen LogP contribution in [0.25, 0.3) is 32.8 Å². The zero-order valence-corrected chi connectivity index (χ0v) is 28.1. The normalized spacial score (nSPS) is 11.4. The molecule has 0 bridgehead atoms. The highest BCUT2D eigenvalue weighted by atomic mass is 79.9. The summed E-state index contributed by atoms with van der Waals surface area (Å²) in [4.78, 5) is 13.9. The summed E-state index contributed by atoms with van der Waals surface area (Å²) in [7, 11) is 1.97. The molecular weight excluding hydrogens is 640 g/mol. The van der Waals surface area contributed by atoms with Crippen molar-refractivity contribution in [3.63, 3.8) is 0 Å². The Balaban J connectivity index is 1.49. The quantitative estimate of drug-likeness (QED) is 0.0803. The molecule has 46 heavy (non-hydrogen) atoms. The Morgan fingerprint density at radius 2 is 1.65 bits per heavy atom. The number of esters is 1. The van der Waals surface area contributed by atoms with E-state index in [1.54, 1.807) is 0 Å². The molecule has 2 aromatic heterocycles. The molecule has 6 rings (SSSR count). The van der Waals surface area contributed by atoms with Gasteiger partial charge in [-0.3, -0.25) is 4.68 Å². The first-order chi connectivity index (χ1) is 22.5. The Labute approximate surface area is 278 Å². The number of benzene rings is 4. The van der Waals surface area contributed by atoms with Crippen molar-refractivity contribution in [2.75, 3.05) is 13.2 Å². The van der Waals surface area contributed by atoms with Gasteiger partial charge < -0.3 is 19.8 Å². The Kier molecular flexibility index (Phi) is 9.56. The summed E-state index contributed by atoms with van der Waals surface area (Å²) < 4.78 is 16.1. The largest absolute Gasteiger partial charge is 0.493 e. The summed E-state index contributed by atoms with van der Waals surface area (Å²) in [6.07, 6.45) is 1.36. The molecule has 6 aromatic rings. The standard InChI is InChI=1S/C38H39BrN4O3/c1-4-45-38(44)37-31(19-11-21-46-34-20-9-15-26-12-7-8-16-29(26)34)30-17-10-18-32(35-25(2)42(3)41-33(35)22-39)36(30)43(37)24-28-14-6-5-13-27(28)23-40/h5-10,12-18,20H,4,11,19,21-24,40H2,1-3H3. The van der Waals surface area contributed by atoms with E-state index in [9.17, 15) is 4.79 Å². The van der Waals surface area contributed by atoms with Gasteiger partial charge in [-0.05, 0) is 54.8 Å². The second-order valence-electron chi connectivity index (χ2n) is 11.4. The van der Waals surface area contributed by atoms with E-state index in [0.717, 1.165) is 73.1 Å². The second-order valence-corrected chi connectivity index (χ2v) is 12.0. The van der Waals surface area contributed by atoms with Crippen molar-refractivity contribution >= 4 is 43.6 Å². The molecule has 0 atom stereocenters. The van der Waals surface area contributed by atoms with Gasteiger partial charge in [-0.2, -0.15) is 5.10 Å². The van der Waals surface area contributed by atoms with Crippen LogP contribution in [0, 0.1) is 6.92 Å². The van der Waals surface area contributed by atoms with Gasteiger partial charge in [-0.25, -0.2) is 4.79 Å². The molecule has 0 aliphatic rings. The van der Waals surface area contributed by atoms with Crippen LogP contribution in [0.15, 0.2) is 84.9 Å². The summed E-state index contributed by atoms with van der Waals surface area (Å²) >= 11 is 3.66. The van der Waals surface area contributed by atoms with Crippen LogP contribution in [0.1, 0.15) is 51.9 Å². The topological polar surface area (TPSA) is 84.3 Å². The van der Waals surface area contributed by atoms with Gasteiger partial charge in [0.2, 0.25) is 0 Å². The number of aryl methyl sites for hydroxylation is 2. The van der Waals surface area contributed by atoms with E-state index < -0.39 is 0 Å². The van der Waals surface area contributed by atoms with E-state index in [2.05, 4.69) is 69.9 Å². The SMILES string of the molecule is CCOC(=O)c1c(CCCOc2cccc3ccccc23)c2cccc(-c3c(CBr)nn(C)c3C)c2n1Cc1ccccc1CN. The molecule has 236 valence electrons. The van der Waals surface area contributed by atoms with Crippen molar-refractivity contribution in [2.24, 2.45) is 12.8 Å². The number of aromatic nitrogens is 3. The molecule has 2 N–H and O–H groups in total. The van der Waals surface area contributed by atoms with Crippen molar-refractivity contribution in [3.05, 3.63) is 119 Å². The Bertz CT molecular complexity index is 2020. The summed E-state index contributed by atoms with van der Waals surface area (Å²) in [5.41, 5.74) is 14.9. The third-order valence-corrected chi connectivity index (χ3v) is 9.23. The molecule has 0 aliphatic heterocycles. The molecule has 7 nitrogen and oxygen atoms in total. The highest BCUT2D eigenvalue weighted by molar-refractivity contribution is 9.08. The van der Waals surface area contributed by atoms with Crippen molar-refractivity contribution in [3.8, 4) is 16.9 Å². The third-order valence-electron chi connectivity index (χ3n) is 8.70. The number of alkyl halides is 1. The summed E-state index contributed by atoms with van der Waals surface area (Å²) in [5, 5.41) is 8.67. The van der Waals surface area contributed by atoms with Crippen LogP contribution >= 0.6 is 15.9 Å². The molecule has 0 aliphatic carbocycles. The monoisotopic (exact) mass is 678 g/mol. The van der Waals surface area contributed by atoms with Gasteiger partial charge >= 0.3 is 5.97 Å². The molecule has 2 heterocycles. The van der Waals surface area contributed by atoms with E-state index in [4.69, 9.17) is 20.3 Å². The number of nitrogens with two attached hydrogens (primary N) is 1. The predicted octanol–water partition coefficient (Wildman–Crippen LogP) is 8.09. The average Bonchev–Trinajstić information content (AvgIpc) is 3.55. The molecule has 4 aromatic carbocycles. The summed E-state index contributed by atoms with van der Waals surface area (Å²) in [6.45, 7) is 5.61. The molecule has 0 spiro atoms. The lowest BCUT2D eigenvalue weighted by Gasteiger charge is -2.16. The Hall–Kier alpha value is -4.40. The maximum absolute atomic E-state index is 13.9. The predicted molar refractivity (Wildman–Crippen MR) is 189 cm³/mol. The third kappa shape index (κ3) is 5.95. The van der Waals surface area contributed by atoms with Crippen LogP contribution in [0.5, 0.6) is 5.75 Å². The first kappa shape index (κ1) is 31.6. The fourth-order valence-electron chi connectivity index (χ4n) is 6.48. The van der Waals surface area contributed by atoms with Gasteiger partial charge in [0.25, 0.3) is 0 Å². The second kappa shape index (κ2) is 13.9. The Morgan fingerprint density at radius 3 is 2.43 bits per heavy atom. The molecular formula is C38H39BrN4O3. The number of para-hydroxylation sites is 1. The minimum Gasteiger partial charge on any atom is -0.493 e. The van der Waals surface area contributed by atoms with Gasteiger partial charge in [0.05, 0.1) is 24.4 Å². The summed E-state index contributed by atoms with van der Waals surface area (Å²) in [5.74, 6) is 0.532. The van der Waals surface area contributed by atoms with E-state index in [1.807, 2.05) is 61.1 Å². The molecule has 8 heteroatoms. The zero-order valence-electron chi connectivity index (χ0n) is 26.6. The van der Waals surface area contributed by atoms with Crippen LogP contribution in [0.2, 0.25) is 0 Å². The fourth-order valence-corrected chi connectivity index (χ4v) is 6.87. The number of ether oxygens (including phenoxy) is 2. The molecule has 0 unspecified atom stereocenters. The van der Waals surface area contributed by atoms with Crippen molar-refractivity contribution in [2.45, 2.75) is 45.1 Å². The lowest BCUT2D eigenvalue weighted by Crippen LogP contribution is -2.16. The summed E-state index contributed by atoms with van der Waals surface area (Å²) in [6, 6.07) is 28.8. The number of carbonyl (C=O) groups is 1. The molecule has 0 radical (unpaired) electrons. The maximum Gasteiger partial charge on any atom is 0.355 e. The van der Waals surface area contributed by atoms with E-state index in [-0.39, 0.29) is 12.6 Å². The minimum atomic E-state index is -0.330. The van der Waals surface area contributed by atoms with Crippen molar-refractivity contribution < 1.29 is 14.3 Å². The number of hydrogen-bond acceptors (Lipinski definition) is 5. The number of fused-ring (bicyclic) bond motifs is 2. The average molecular weight is 680 g/mol. The smallest absolute Gasteiger partial charge is 0.355 e. The number of rotatable bonds is 12. The minimum absolute atomic E-state index is 0.283. The van der Waals surface area contributed by atoms with Crippen LogP contribution in [0.3, 0.4) is 0 Å². The van der Waals surface area contributed by atoms with E-state index >= 15 is 0 Å². The van der Waals surface area contributed by atoms with E-state index in [1.165, 1.54) is 0 Å². The van der Waals surface area contributed by atoms with Crippen LogP contribution in [-0.4, -0.2) is 33.5 Å². The fraction of sp³-hybridized carbons (Fsp3) is 0.263. The number of hydrogen-bond donors (Lipinski definition) is 1. The van der Waals surface area contributed by atoms with Crippen LogP contribution < -0.4 is 10.5 Å².